The molecule has 0 aromatic carbocycles. The first-order valence-corrected chi connectivity index (χ1v) is 3.76. The molecule has 0 saturated carbocycles. The Morgan fingerprint density at radius 1 is 1.67 bits per heavy atom. The van der Waals surface area contributed by atoms with Gasteiger partial charge in [-0.05, 0) is 12.2 Å². The molecule has 1 fully saturated rings. The van der Waals surface area contributed by atoms with Crippen molar-refractivity contribution in [2.24, 2.45) is 0 Å². The highest BCUT2D eigenvalue weighted by Gasteiger charge is 2.09. The van der Waals surface area contributed by atoms with Gasteiger partial charge in [-0.3, -0.25) is 0 Å². The summed E-state index contributed by atoms with van der Waals surface area (Å²) >= 11 is 6.96. The van der Waals surface area contributed by atoms with E-state index in [0.717, 1.165) is 0 Å². The monoisotopic (exact) mass is 119 g/mol. The van der Waals surface area contributed by atoms with Gasteiger partial charge >= 0.3 is 0 Å². The van der Waals surface area contributed by atoms with Crippen molar-refractivity contribution in [1.82, 2.24) is 0 Å². The zero-order valence-corrected chi connectivity index (χ0v) is 5.15. The minimum Gasteiger partial charge on any atom is -0.161 e. The molecular formula is C4H7S2. The third kappa shape index (κ3) is 1.09. The van der Waals surface area contributed by atoms with Gasteiger partial charge in [0, 0.05) is 11.0 Å². The second-order valence-corrected chi connectivity index (χ2v) is 3.30. The molecule has 1 atom stereocenters. The van der Waals surface area contributed by atoms with E-state index in [4.69, 9.17) is 12.6 Å². The maximum absolute atomic E-state index is 4.98. The summed E-state index contributed by atoms with van der Waals surface area (Å²) < 4.78 is 0. The zero-order chi connectivity index (χ0) is 4.41. The molecule has 2 heteroatoms. The summed E-state index contributed by atoms with van der Waals surface area (Å²) in [5.41, 5.74) is 0. The summed E-state index contributed by atoms with van der Waals surface area (Å²) in [5, 5.41) is 0.593. The Morgan fingerprint density at radius 2 is 2.50 bits per heavy atom. The van der Waals surface area contributed by atoms with E-state index in [9.17, 15) is 0 Å². The highest BCUT2D eigenvalue weighted by atomic mass is 32.2. The predicted molar refractivity (Wildman–Crippen MR) is 33.3 cm³/mol. The van der Waals surface area contributed by atoms with Crippen molar-refractivity contribution in [3.05, 3.63) is 0 Å². The molecule has 0 aromatic rings. The van der Waals surface area contributed by atoms with E-state index in [-0.39, 0.29) is 0 Å². The first-order chi connectivity index (χ1) is 2.89. The minimum atomic E-state index is 0.593. The third-order valence-electron chi connectivity index (χ3n) is 0.888. The van der Waals surface area contributed by atoms with Gasteiger partial charge in [0.05, 0.1) is 0 Å². The summed E-state index contributed by atoms with van der Waals surface area (Å²) in [6, 6.07) is 0. The van der Waals surface area contributed by atoms with Gasteiger partial charge in [0.1, 0.15) is 0 Å². The molecule has 0 aliphatic carbocycles. The largest absolute Gasteiger partial charge is 0.161 e. The van der Waals surface area contributed by atoms with Crippen LogP contribution in [0.4, 0.5) is 0 Å². The van der Waals surface area contributed by atoms with Gasteiger partial charge in [-0.15, -0.1) is 0 Å². The molecule has 0 bridgehead atoms. The van der Waals surface area contributed by atoms with E-state index in [2.05, 4.69) is 0 Å². The van der Waals surface area contributed by atoms with E-state index in [1.54, 1.807) is 0 Å². The van der Waals surface area contributed by atoms with Crippen LogP contribution in [0.2, 0.25) is 0 Å². The van der Waals surface area contributed by atoms with Crippen LogP contribution in [0.5, 0.6) is 0 Å². The van der Waals surface area contributed by atoms with Crippen LogP contribution in [0.25, 0.3) is 0 Å². The normalized spacial score (nSPS) is 34.5. The summed E-state index contributed by atoms with van der Waals surface area (Å²) in [6.07, 6.45) is 1.26. The Bertz CT molecular complexity index is 38.8. The quantitative estimate of drug-likeness (QED) is 0.467. The molecule has 0 amide bonds. The topological polar surface area (TPSA) is 0 Å². The minimum absolute atomic E-state index is 0.593. The Morgan fingerprint density at radius 3 is 2.67 bits per heavy atom. The van der Waals surface area contributed by atoms with Gasteiger partial charge in [-0.1, -0.05) is 12.6 Å². The summed E-state index contributed by atoms with van der Waals surface area (Å²) in [7, 11) is 0. The molecule has 0 spiro atoms. The van der Waals surface area contributed by atoms with E-state index >= 15 is 0 Å². The van der Waals surface area contributed by atoms with Gasteiger partial charge in [0.15, 0.2) is 0 Å². The van der Waals surface area contributed by atoms with E-state index < -0.39 is 0 Å². The van der Waals surface area contributed by atoms with Crippen LogP contribution in [0.3, 0.4) is 0 Å². The van der Waals surface area contributed by atoms with Gasteiger partial charge in [0.25, 0.3) is 0 Å². The first kappa shape index (κ1) is 4.85. The summed E-state index contributed by atoms with van der Waals surface area (Å²) in [5.74, 6) is 2.52. The van der Waals surface area contributed by atoms with Crippen LogP contribution in [0, 0.1) is 0 Å². The second kappa shape index (κ2) is 2.12. The molecular weight excluding hydrogens is 112 g/mol. The lowest BCUT2D eigenvalue weighted by atomic mass is 10.4. The smallest absolute Gasteiger partial charge is 0.0250 e. The first-order valence-electron chi connectivity index (χ1n) is 2.13. The molecule has 6 heavy (non-hydrogen) atoms. The van der Waals surface area contributed by atoms with Crippen molar-refractivity contribution in [1.29, 1.82) is 0 Å². The SMILES string of the molecule is [S]C1CCSC1. The van der Waals surface area contributed by atoms with Crippen molar-refractivity contribution >= 4 is 24.4 Å². The fourth-order valence-corrected chi connectivity index (χ4v) is 2.12. The summed E-state index contributed by atoms with van der Waals surface area (Å²) in [6.45, 7) is 0. The molecule has 1 aliphatic rings. The molecule has 1 aliphatic heterocycles. The highest BCUT2D eigenvalue weighted by molar-refractivity contribution is 8.00. The average Bonchev–Trinajstić information content (AvgIpc) is 1.86. The molecule has 0 N–H and O–H groups in total. The Hall–Kier alpha value is 0.700. The maximum Gasteiger partial charge on any atom is 0.0250 e. The fourth-order valence-electron chi connectivity index (χ4n) is 0.513. The van der Waals surface area contributed by atoms with Crippen molar-refractivity contribution in [2.45, 2.75) is 11.7 Å². The van der Waals surface area contributed by atoms with Crippen LogP contribution >= 0.6 is 24.4 Å². The van der Waals surface area contributed by atoms with Crippen molar-refractivity contribution in [3.63, 3.8) is 0 Å². The van der Waals surface area contributed by atoms with Gasteiger partial charge < -0.3 is 0 Å². The lowest BCUT2D eigenvalue weighted by Gasteiger charge is -1.87. The molecule has 0 nitrogen and oxygen atoms in total. The van der Waals surface area contributed by atoms with Crippen LogP contribution in [-0.4, -0.2) is 16.8 Å². The van der Waals surface area contributed by atoms with Crippen molar-refractivity contribution in [3.8, 4) is 0 Å². The number of hydrogen-bond acceptors (Lipinski definition) is 1. The molecule has 1 saturated heterocycles. The molecule has 1 heterocycles. The van der Waals surface area contributed by atoms with Crippen LogP contribution in [0.1, 0.15) is 6.42 Å². The molecule has 1 radical (unpaired) electrons. The van der Waals surface area contributed by atoms with Gasteiger partial charge in [-0.2, -0.15) is 11.8 Å². The van der Waals surface area contributed by atoms with Crippen molar-refractivity contribution in [2.75, 3.05) is 11.5 Å². The zero-order valence-electron chi connectivity index (χ0n) is 3.52. The standard InChI is InChI=1S/C4H7S2/c5-4-1-2-6-3-4/h4H,1-3H2. The molecule has 35 valence electrons. The fraction of sp³-hybridized carbons (Fsp3) is 1.00. The van der Waals surface area contributed by atoms with Crippen LogP contribution < -0.4 is 0 Å². The second-order valence-electron chi connectivity index (χ2n) is 1.49. The Labute approximate surface area is 48.1 Å². The van der Waals surface area contributed by atoms with Crippen LogP contribution in [0.15, 0.2) is 0 Å². The lowest BCUT2D eigenvalue weighted by molar-refractivity contribution is 0.978. The molecule has 1 rings (SSSR count). The van der Waals surface area contributed by atoms with Gasteiger partial charge in [-0.25, -0.2) is 0 Å². The highest BCUT2D eigenvalue weighted by Crippen LogP contribution is 2.20. The third-order valence-corrected chi connectivity index (χ3v) is 2.66. The number of rotatable bonds is 0. The van der Waals surface area contributed by atoms with E-state index in [1.165, 1.54) is 17.9 Å². The Kier molecular flexibility index (Phi) is 1.72. The van der Waals surface area contributed by atoms with Crippen LogP contribution in [-0.2, 0) is 0 Å². The maximum atomic E-state index is 4.98. The van der Waals surface area contributed by atoms with E-state index in [0.29, 0.717) is 5.25 Å². The molecule has 1 unspecified atom stereocenters. The number of thioether (sulfide) groups is 1. The average molecular weight is 119 g/mol. The number of hydrogen-bond donors (Lipinski definition) is 0. The summed E-state index contributed by atoms with van der Waals surface area (Å²) in [4.78, 5) is 0. The van der Waals surface area contributed by atoms with Crippen molar-refractivity contribution < 1.29 is 0 Å². The molecule has 0 aromatic heterocycles. The predicted octanol–water partition coefficient (Wildman–Crippen LogP) is 1.69. The van der Waals surface area contributed by atoms with E-state index in [1.807, 2.05) is 11.8 Å². The Balaban J connectivity index is 2.18. The lowest BCUT2D eigenvalue weighted by Crippen LogP contribution is -1.90. The van der Waals surface area contributed by atoms with Gasteiger partial charge in [0.2, 0.25) is 0 Å².